The van der Waals surface area contributed by atoms with Crippen LogP contribution in [-0.2, 0) is 4.74 Å². The van der Waals surface area contributed by atoms with Gasteiger partial charge in [0.1, 0.15) is 0 Å². The second kappa shape index (κ2) is 14.5. The monoisotopic (exact) mass is 512 g/mol. The van der Waals surface area contributed by atoms with E-state index >= 15 is 0 Å². The van der Waals surface area contributed by atoms with Crippen LogP contribution in [0.4, 0.5) is 0 Å². The van der Waals surface area contributed by atoms with Gasteiger partial charge in [-0.05, 0) is 31.5 Å². The molecule has 0 bridgehead atoms. The summed E-state index contributed by atoms with van der Waals surface area (Å²) in [5.41, 5.74) is 0.637. The Morgan fingerprint density at radius 2 is 1.92 bits per heavy atom. The van der Waals surface area contributed by atoms with Gasteiger partial charge in [-0.3, -0.25) is 9.79 Å². The van der Waals surface area contributed by atoms with Gasteiger partial charge in [-0.2, -0.15) is 0 Å². The summed E-state index contributed by atoms with van der Waals surface area (Å²) in [7, 11) is 1.72. The van der Waals surface area contributed by atoms with Crippen molar-refractivity contribution in [2.24, 2.45) is 4.99 Å². The molecule has 0 aliphatic heterocycles. The number of nitrogens with one attached hydrogen (secondary N) is 3. The quantitative estimate of drug-likeness (QED) is 0.205. The van der Waals surface area contributed by atoms with E-state index in [9.17, 15) is 4.79 Å². The predicted molar refractivity (Wildman–Crippen MR) is 112 cm³/mol. The Hall–Kier alpha value is -0.870. The maximum atomic E-state index is 12.0. The highest BCUT2D eigenvalue weighted by Crippen LogP contribution is 2.11. The molecule has 1 aromatic carbocycles. The smallest absolute Gasteiger partial charge is 0.251 e. The number of carbonyl (C=O) groups is 1. The molecule has 0 atom stereocenters. The van der Waals surface area contributed by atoms with E-state index in [0.29, 0.717) is 18.7 Å². The Balaban J connectivity index is 0.00000529. The second-order valence-electron chi connectivity index (χ2n) is 4.74. The Labute approximate surface area is 169 Å². The first-order valence-corrected chi connectivity index (χ1v) is 8.52. The summed E-state index contributed by atoms with van der Waals surface area (Å²) in [6, 6.07) is 7.30. The van der Waals surface area contributed by atoms with Crippen molar-refractivity contribution in [2.75, 3.05) is 39.9 Å². The molecule has 136 valence electrons. The third-order valence-corrected chi connectivity index (χ3v) is 3.47. The van der Waals surface area contributed by atoms with Crippen LogP contribution >= 0.6 is 39.9 Å². The molecule has 8 heteroatoms. The lowest BCUT2D eigenvalue weighted by atomic mass is 10.2. The van der Waals surface area contributed by atoms with E-state index in [0.717, 1.165) is 36.6 Å². The normalized spacial score (nSPS) is 10.7. The summed E-state index contributed by atoms with van der Waals surface area (Å²) < 4.78 is 6.16. The number of carbonyl (C=O) groups excluding carboxylic acids is 1. The van der Waals surface area contributed by atoms with Crippen LogP contribution in [0.5, 0.6) is 0 Å². The predicted octanol–water partition coefficient (Wildman–Crippen LogP) is 2.39. The molecule has 0 heterocycles. The lowest BCUT2D eigenvalue weighted by Gasteiger charge is -2.12. The topological polar surface area (TPSA) is 74.8 Å². The van der Waals surface area contributed by atoms with Gasteiger partial charge in [-0.1, -0.05) is 22.0 Å². The first-order chi connectivity index (χ1) is 11.2. The van der Waals surface area contributed by atoms with Crippen LogP contribution in [0.1, 0.15) is 23.7 Å². The fourth-order valence-corrected chi connectivity index (χ4v) is 2.23. The Morgan fingerprint density at radius 1 is 1.21 bits per heavy atom. The minimum absolute atomic E-state index is 0. The van der Waals surface area contributed by atoms with Gasteiger partial charge in [0, 0.05) is 49.9 Å². The first kappa shape index (κ1) is 23.1. The molecule has 0 aromatic heterocycles. The third-order valence-electron chi connectivity index (χ3n) is 2.98. The van der Waals surface area contributed by atoms with Gasteiger partial charge in [-0.15, -0.1) is 24.0 Å². The minimum Gasteiger partial charge on any atom is -0.382 e. The van der Waals surface area contributed by atoms with Crippen molar-refractivity contribution in [2.45, 2.75) is 13.3 Å². The molecule has 0 radical (unpaired) electrons. The molecule has 1 amide bonds. The number of rotatable bonds is 9. The van der Waals surface area contributed by atoms with Crippen LogP contribution in [0.2, 0.25) is 0 Å². The van der Waals surface area contributed by atoms with Crippen molar-refractivity contribution in [1.82, 2.24) is 16.0 Å². The number of nitrogens with zero attached hydrogens (tertiary/aromatic N) is 1. The van der Waals surface area contributed by atoms with Crippen LogP contribution in [0.3, 0.4) is 0 Å². The molecule has 0 fully saturated rings. The number of amides is 1. The molecule has 0 aliphatic carbocycles. The van der Waals surface area contributed by atoms with Gasteiger partial charge in [0.2, 0.25) is 0 Å². The average Bonchev–Trinajstić information content (AvgIpc) is 2.56. The molecule has 0 unspecified atom stereocenters. The highest BCUT2D eigenvalue weighted by atomic mass is 127. The SMILES string of the molecule is CCOCCCNC(=NC)NCCNC(=O)c1cccc(Br)c1.I. The van der Waals surface area contributed by atoms with Crippen LogP contribution in [-0.4, -0.2) is 51.8 Å². The zero-order valence-electron chi connectivity index (χ0n) is 14.1. The van der Waals surface area contributed by atoms with E-state index in [2.05, 4.69) is 36.9 Å². The van der Waals surface area contributed by atoms with E-state index in [1.807, 2.05) is 19.1 Å². The largest absolute Gasteiger partial charge is 0.382 e. The molecule has 24 heavy (non-hydrogen) atoms. The summed E-state index contributed by atoms with van der Waals surface area (Å²) >= 11 is 3.36. The van der Waals surface area contributed by atoms with E-state index in [1.54, 1.807) is 19.2 Å². The summed E-state index contributed by atoms with van der Waals surface area (Å²) in [5, 5.41) is 9.21. The average molecular weight is 513 g/mol. The maximum Gasteiger partial charge on any atom is 0.251 e. The van der Waals surface area contributed by atoms with Crippen LogP contribution < -0.4 is 16.0 Å². The van der Waals surface area contributed by atoms with E-state index in [-0.39, 0.29) is 29.9 Å². The van der Waals surface area contributed by atoms with Crippen molar-refractivity contribution in [3.8, 4) is 0 Å². The summed E-state index contributed by atoms with van der Waals surface area (Å²) in [6.07, 6.45) is 0.925. The molecule has 1 rings (SSSR count). The highest BCUT2D eigenvalue weighted by Gasteiger charge is 2.04. The molecule has 0 saturated carbocycles. The van der Waals surface area contributed by atoms with Gasteiger partial charge >= 0.3 is 0 Å². The molecular weight excluding hydrogens is 487 g/mol. The first-order valence-electron chi connectivity index (χ1n) is 7.73. The van der Waals surface area contributed by atoms with E-state index in [4.69, 9.17) is 4.74 Å². The minimum atomic E-state index is -0.0900. The fraction of sp³-hybridized carbons (Fsp3) is 0.500. The van der Waals surface area contributed by atoms with Crippen molar-refractivity contribution in [3.63, 3.8) is 0 Å². The van der Waals surface area contributed by atoms with Crippen molar-refractivity contribution in [1.29, 1.82) is 0 Å². The second-order valence-corrected chi connectivity index (χ2v) is 5.66. The van der Waals surface area contributed by atoms with Crippen LogP contribution in [0.15, 0.2) is 33.7 Å². The maximum absolute atomic E-state index is 12.0. The number of guanidine groups is 1. The lowest BCUT2D eigenvalue weighted by molar-refractivity contribution is 0.0954. The third kappa shape index (κ3) is 10.1. The van der Waals surface area contributed by atoms with E-state index < -0.39 is 0 Å². The zero-order valence-corrected chi connectivity index (χ0v) is 18.0. The number of halogens is 2. The number of hydrogen-bond donors (Lipinski definition) is 3. The summed E-state index contributed by atoms with van der Waals surface area (Å²) in [5.74, 6) is 0.631. The molecular formula is C16H26BrIN4O2. The van der Waals surface area contributed by atoms with Gasteiger partial charge in [0.05, 0.1) is 0 Å². The van der Waals surface area contributed by atoms with Crippen LogP contribution in [0, 0.1) is 0 Å². The molecule has 1 aromatic rings. The van der Waals surface area contributed by atoms with Crippen LogP contribution in [0.25, 0.3) is 0 Å². The number of benzene rings is 1. The lowest BCUT2D eigenvalue weighted by Crippen LogP contribution is -2.42. The summed E-state index contributed by atoms with van der Waals surface area (Å²) in [4.78, 5) is 16.1. The van der Waals surface area contributed by atoms with Crippen molar-refractivity contribution in [3.05, 3.63) is 34.3 Å². The van der Waals surface area contributed by atoms with Crippen molar-refractivity contribution < 1.29 is 9.53 Å². The summed E-state index contributed by atoms with van der Waals surface area (Å²) in [6.45, 7) is 5.38. The van der Waals surface area contributed by atoms with Gasteiger partial charge in [0.25, 0.3) is 5.91 Å². The van der Waals surface area contributed by atoms with Crippen molar-refractivity contribution >= 4 is 51.8 Å². The molecule has 0 spiro atoms. The zero-order chi connectivity index (χ0) is 16.9. The van der Waals surface area contributed by atoms with E-state index in [1.165, 1.54) is 0 Å². The number of hydrogen-bond acceptors (Lipinski definition) is 3. The Morgan fingerprint density at radius 3 is 2.58 bits per heavy atom. The molecule has 6 nitrogen and oxygen atoms in total. The molecule has 0 saturated heterocycles. The fourth-order valence-electron chi connectivity index (χ4n) is 1.83. The number of aliphatic imine (C=N–C) groups is 1. The van der Waals surface area contributed by atoms with Gasteiger partial charge in [-0.25, -0.2) is 0 Å². The molecule has 0 aliphatic rings. The number of ether oxygens (including phenoxy) is 1. The Kier molecular flexibility index (Phi) is 13.9. The Bertz CT molecular complexity index is 515. The molecule has 3 N–H and O–H groups in total. The standard InChI is InChI=1S/C16H25BrN4O2.HI/c1-3-23-11-5-8-20-16(18-2)21-10-9-19-15(22)13-6-4-7-14(17)12-13;/h4,6-7,12H,3,5,8-11H2,1-2H3,(H,19,22)(H2,18,20,21);1H. The van der Waals surface area contributed by atoms with Gasteiger partial charge < -0.3 is 20.7 Å². The highest BCUT2D eigenvalue weighted by molar-refractivity contribution is 14.0. The van der Waals surface area contributed by atoms with Gasteiger partial charge in [0.15, 0.2) is 5.96 Å².